The molecule has 3 aromatic rings. The van der Waals surface area contributed by atoms with Gasteiger partial charge >= 0.3 is 11.9 Å². The summed E-state index contributed by atoms with van der Waals surface area (Å²) >= 11 is 6.35. The van der Waals surface area contributed by atoms with Crippen molar-refractivity contribution >= 4 is 23.5 Å². The van der Waals surface area contributed by atoms with Crippen LogP contribution in [0.25, 0.3) is 11.1 Å². The molecule has 3 aromatic carbocycles. The van der Waals surface area contributed by atoms with E-state index in [2.05, 4.69) is 0 Å². The average molecular weight is 395 g/mol. The van der Waals surface area contributed by atoms with Gasteiger partial charge in [0.2, 0.25) is 0 Å². The van der Waals surface area contributed by atoms with Crippen LogP contribution in [-0.4, -0.2) is 18.5 Å². The van der Waals surface area contributed by atoms with Crippen molar-refractivity contribution in [2.24, 2.45) is 0 Å². The molecule has 0 atom stereocenters. The lowest BCUT2D eigenvalue weighted by molar-refractivity contribution is 0.0505. The Balaban J connectivity index is 1.72. The van der Waals surface area contributed by atoms with Gasteiger partial charge in [-0.25, -0.2) is 9.59 Å². The van der Waals surface area contributed by atoms with E-state index in [0.717, 1.165) is 17.5 Å². The molecule has 0 aliphatic heterocycles. The zero-order chi connectivity index (χ0) is 19.9. The Morgan fingerprint density at radius 3 is 2.21 bits per heavy atom. The maximum atomic E-state index is 12.1. The minimum atomic E-state index is -0.415. The number of rotatable bonds is 6. The van der Waals surface area contributed by atoms with E-state index in [0.29, 0.717) is 28.5 Å². The van der Waals surface area contributed by atoms with Crippen molar-refractivity contribution < 1.29 is 19.1 Å². The average Bonchev–Trinajstić information content (AvgIpc) is 2.73. The Labute approximate surface area is 168 Å². The number of hydrogen-bond acceptors (Lipinski definition) is 4. The van der Waals surface area contributed by atoms with Crippen molar-refractivity contribution in [3.8, 4) is 16.9 Å². The van der Waals surface area contributed by atoms with Gasteiger partial charge in [0.1, 0.15) is 5.75 Å². The van der Waals surface area contributed by atoms with Crippen molar-refractivity contribution in [3.63, 3.8) is 0 Å². The highest BCUT2D eigenvalue weighted by atomic mass is 35.5. The lowest BCUT2D eigenvalue weighted by atomic mass is 10.0. The third-order valence-electron chi connectivity index (χ3n) is 4.03. The topological polar surface area (TPSA) is 52.6 Å². The number of ether oxygens (including phenoxy) is 2. The van der Waals surface area contributed by atoms with E-state index < -0.39 is 11.9 Å². The van der Waals surface area contributed by atoms with Crippen LogP contribution in [-0.2, 0) is 4.74 Å². The van der Waals surface area contributed by atoms with Crippen molar-refractivity contribution in [2.45, 2.75) is 13.3 Å². The Morgan fingerprint density at radius 2 is 1.57 bits per heavy atom. The molecule has 0 N–H and O–H groups in total. The largest absolute Gasteiger partial charge is 0.462 e. The Morgan fingerprint density at radius 1 is 0.857 bits per heavy atom. The smallest absolute Gasteiger partial charge is 0.343 e. The van der Waals surface area contributed by atoms with E-state index in [1.807, 2.05) is 25.1 Å². The maximum Gasteiger partial charge on any atom is 0.343 e. The molecule has 0 saturated heterocycles. The first kappa shape index (κ1) is 19.6. The summed E-state index contributed by atoms with van der Waals surface area (Å²) in [4.78, 5) is 24.1. The highest BCUT2D eigenvalue weighted by Crippen LogP contribution is 2.30. The molecule has 0 aliphatic rings. The van der Waals surface area contributed by atoms with Gasteiger partial charge in [-0.05, 0) is 48.4 Å². The first-order chi connectivity index (χ1) is 13.6. The molecule has 0 aliphatic carbocycles. The van der Waals surface area contributed by atoms with Gasteiger partial charge < -0.3 is 9.47 Å². The maximum absolute atomic E-state index is 12.1. The van der Waals surface area contributed by atoms with Gasteiger partial charge in [-0.1, -0.05) is 54.9 Å². The second-order valence-corrected chi connectivity index (χ2v) is 6.52. The summed E-state index contributed by atoms with van der Waals surface area (Å²) in [7, 11) is 0. The van der Waals surface area contributed by atoms with Crippen LogP contribution in [0.15, 0.2) is 72.8 Å². The lowest BCUT2D eigenvalue weighted by Gasteiger charge is -2.09. The predicted octanol–water partition coefficient (Wildman–Crippen LogP) is 5.79. The fourth-order valence-electron chi connectivity index (χ4n) is 2.60. The van der Waals surface area contributed by atoms with Crippen LogP contribution in [0.5, 0.6) is 5.75 Å². The summed E-state index contributed by atoms with van der Waals surface area (Å²) in [5.74, 6) is -0.367. The van der Waals surface area contributed by atoms with E-state index in [-0.39, 0.29) is 0 Å². The van der Waals surface area contributed by atoms with Crippen molar-refractivity contribution in [1.82, 2.24) is 0 Å². The van der Waals surface area contributed by atoms with Gasteiger partial charge in [0.25, 0.3) is 0 Å². The van der Waals surface area contributed by atoms with Gasteiger partial charge in [0, 0.05) is 10.6 Å². The molecule has 4 nitrogen and oxygen atoms in total. The summed E-state index contributed by atoms with van der Waals surface area (Å²) in [6.07, 6.45) is 0.763. The molecule has 0 heterocycles. The molecule has 3 rings (SSSR count). The van der Waals surface area contributed by atoms with Crippen LogP contribution >= 0.6 is 11.6 Å². The van der Waals surface area contributed by atoms with E-state index >= 15 is 0 Å². The Hall–Kier alpha value is -3.11. The molecule has 0 fully saturated rings. The normalized spacial score (nSPS) is 10.4. The molecule has 0 radical (unpaired) electrons. The Kier molecular flexibility index (Phi) is 6.45. The third-order valence-corrected chi connectivity index (χ3v) is 4.34. The first-order valence-electron chi connectivity index (χ1n) is 8.93. The van der Waals surface area contributed by atoms with Gasteiger partial charge in [-0.2, -0.15) is 0 Å². The summed E-state index contributed by atoms with van der Waals surface area (Å²) in [6.45, 7) is 2.31. The predicted molar refractivity (Wildman–Crippen MR) is 109 cm³/mol. The number of hydrogen-bond donors (Lipinski definition) is 0. The minimum Gasteiger partial charge on any atom is -0.462 e. The highest BCUT2D eigenvalue weighted by molar-refractivity contribution is 6.33. The minimum absolute atomic E-state index is 0.376. The second kappa shape index (κ2) is 9.20. The number of halogens is 1. The first-order valence-corrected chi connectivity index (χ1v) is 9.30. The van der Waals surface area contributed by atoms with Gasteiger partial charge in [-0.15, -0.1) is 0 Å². The SMILES string of the molecule is CCCOC(=O)c1ccc(-c2ccc(OC(=O)c3ccccc3)cc2)c(Cl)c1. The molecule has 0 amide bonds. The van der Waals surface area contributed by atoms with Crippen LogP contribution < -0.4 is 4.74 Å². The van der Waals surface area contributed by atoms with Gasteiger partial charge in [-0.3, -0.25) is 0 Å². The van der Waals surface area contributed by atoms with E-state index in [1.165, 1.54) is 0 Å². The highest BCUT2D eigenvalue weighted by Gasteiger charge is 2.12. The van der Waals surface area contributed by atoms with Crippen LogP contribution in [0.1, 0.15) is 34.1 Å². The summed E-state index contributed by atoms with van der Waals surface area (Å²) in [5, 5.41) is 0.444. The van der Waals surface area contributed by atoms with Crippen molar-refractivity contribution in [3.05, 3.63) is 88.9 Å². The quantitative estimate of drug-likeness (QED) is 0.392. The van der Waals surface area contributed by atoms with Crippen molar-refractivity contribution in [1.29, 1.82) is 0 Å². The van der Waals surface area contributed by atoms with Crippen LogP contribution in [0, 0.1) is 0 Å². The number of carbonyl (C=O) groups excluding carboxylic acids is 2. The fraction of sp³-hybridized carbons (Fsp3) is 0.130. The van der Waals surface area contributed by atoms with Gasteiger partial charge in [0.05, 0.1) is 17.7 Å². The van der Waals surface area contributed by atoms with Crippen LogP contribution in [0.4, 0.5) is 0 Å². The zero-order valence-electron chi connectivity index (χ0n) is 15.4. The van der Waals surface area contributed by atoms with E-state index in [4.69, 9.17) is 21.1 Å². The number of benzene rings is 3. The molecule has 0 saturated carbocycles. The molecule has 0 spiro atoms. The standard InChI is InChI=1S/C23H19ClO4/c1-2-14-27-22(25)18-10-13-20(21(24)15-18)16-8-11-19(12-9-16)28-23(26)17-6-4-3-5-7-17/h3-13,15H,2,14H2,1H3. The molecular formula is C23H19ClO4. The third kappa shape index (κ3) is 4.78. The van der Waals surface area contributed by atoms with Crippen LogP contribution in [0.3, 0.4) is 0 Å². The molecule has 28 heavy (non-hydrogen) atoms. The van der Waals surface area contributed by atoms with E-state index in [1.54, 1.807) is 54.6 Å². The van der Waals surface area contributed by atoms with Crippen LogP contribution in [0.2, 0.25) is 5.02 Å². The molecular weight excluding hydrogens is 376 g/mol. The summed E-state index contributed by atoms with van der Waals surface area (Å²) in [6, 6.07) is 20.9. The molecule has 0 aromatic heterocycles. The molecule has 0 bridgehead atoms. The number of esters is 2. The summed E-state index contributed by atoms with van der Waals surface area (Å²) in [5.41, 5.74) is 2.52. The molecule has 5 heteroatoms. The second-order valence-electron chi connectivity index (χ2n) is 6.11. The Bertz CT molecular complexity index is 966. The van der Waals surface area contributed by atoms with E-state index in [9.17, 15) is 9.59 Å². The molecule has 0 unspecified atom stereocenters. The zero-order valence-corrected chi connectivity index (χ0v) is 16.1. The van der Waals surface area contributed by atoms with Gasteiger partial charge in [0.15, 0.2) is 0 Å². The monoisotopic (exact) mass is 394 g/mol. The van der Waals surface area contributed by atoms with Crippen molar-refractivity contribution in [2.75, 3.05) is 6.61 Å². The molecule has 142 valence electrons. The summed E-state index contributed by atoms with van der Waals surface area (Å²) < 4.78 is 10.5. The fourth-order valence-corrected chi connectivity index (χ4v) is 2.89. The number of carbonyl (C=O) groups is 2. The lowest BCUT2D eigenvalue weighted by Crippen LogP contribution is -2.07.